The summed E-state index contributed by atoms with van der Waals surface area (Å²) in [6, 6.07) is 1.67. The summed E-state index contributed by atoms with van der Waals surface area (Å²) < 4.78 is 0. The maximum Gasteiger partial charge on any atom is 0.0348 e. The molecule has 0 atom stereocenters. The van der Waals surface area contributed by atoms with E-state index in [1.165, 1.54) is 51.7 Å². The average Bonchev–Trinajstić information content (AvgIpc) is 2.14. The molecule has 0 aromatic heterocycles. The average molecular weight is 212 g/mol. The fraction of sp³-hybridized carbons (Fsp3) is 1.00. The minimum atomic E-state index is 0.827. The summed E-state index contributed by atoms with van der Waals surface area (Å²) in [6.45, 7) is 10.6. The zero-order valence-electron chi connectivity index (χ0n) is 10.8. The number of rotatable bonds is 8. The van der Waals surface area contributed by atoms with Crippen molar-refractivity contribution in [1.29, 1.82) is 0 Å². The fourth-order valence-electron chi connectivity index (χ4n) is 2.57. The Hall–Kier alpha value is -0.0800. The lowest BCUT2D eigenvalue weighted by Gasteiger charge is -2.43. The number of nitrogens with one attached hydrogen (secondary N) is 1. The Morgan fingerprint density at radius 1 is 1.07 bits per heavy atom. The molecule has 0 amide bonds. The van der Waals surface area contributed by atoms with Gasteiger partial charge in [0.2, 0.25) is 0 Å². The monoisotopic (exact) mass is 212 g/mol. The smallest absolute Gasteiger partial charge is 0.0348 e. The molecule has 2 heteroatoms. The highest BCUT2D eigenvalue weighted by Gasteiger charge is 2.28. The summed E-state index contributed by atoms with van der Waals surface area (Å²) in [4.78, 5) is 2.77. The fourth-order valence-corrected chi connectivity index (χ4v) is 2.57. The van der Waals surface area contributed by atoms with Gasteiger partial charge in [-0.3, -0.25) is 4.90 Å². The van der Waals surface area contributed by atoms with Crippen molar-refractivity contribution >= 4 is 0 Å². The van der Waals surface area contributed by atoms with Gasteiger partial charge in [-0.05, 0) is 25.8 Å². The molecule has 90 valence electrons. The molecule has 1 N–H and O–H groups in total. The van der Waals surface area contributed by atoms with Crippen LogP contribution in [0, 0.1) is 0 Å². The van der Waals surface area contributed by atoms with Crippen molar-refractivity contribution in [2.45, 2.75) is 65.0 Å². The zero-order chi connectivity index (χ0) is 11.1. The molecule has 15 heavy (non-hydrogen) atoms. The number of hydrogen-bond acceptors (Lipinski definition) is 2. The van der Waals surface area contributed by atoms with Gasteiger partial charge in [-0.25, -0.2) is 0 Å². The summed E-state index contributed by atoms with van der Waals surface area (Å²) in [6.07, 6.45) is 6.70. The van der Waals surface area contributed by atoms with Crippen molar-refractivity contribution in [3.05, 3.63) is 0 Å². The Morgan fingerprint density at radius 3 is 2.00 bits per heavy atom. The van der Waals surface area contributed by atoms with Crippen LogP contribution in [0.15, 0.2) is 0 Å². The summed E-state index contributed by atoms with van der Waals surface area (Å²) >= 11 is 0. The molecule has 0 aromatic rings. The van der Waals surface area contributed by atoms with Gasteiger partial charge in [0, 0.05) is 25.2 Å². The van der Waals surface area contributed by atoms with Crippen LogP contribution < -0.4 is 5.32 Å². The lowest BCUT2D eigenvalue weighted by molar-refractivity contribution is 0.0836. The van der Waals surface area contributed by atoms with Gasteiger partial charge in [0.25, 0.3) is 0 Å². The van der Waals surface area contributed by atoms with Crippen LogP contribution >= 0.6 is 0 Å². The zero-order valence-corrected chi connectivity index (χ0v) is 10.8. The maximum absolute atomic E-state index is 3.40. The highest BCUT2D eigenvalue weighted by atomic mass is 15.3. The van der Waals surface area contributed by atoms with E-state index < -0.39 is 0 Å². The van der Waals surface area contributed by atoms with Gasteiger partial charge in [0.15, 0.2) is 0 Å². The molecule has 0 saturated carbocycles. The molecule has 2 nitrogen and oxygen atoms in total. The molecule has 0 unspecified atom stereocenters. The van der Waals surface area contributed by atoms with E-state index in [4.69, 9.17) is 0 Å². The van der Waals surface area contributed by atoms with Crippen LogP contribution in [0.25, 0.3) is 0 Å². The van der Waals surface area contributed by atoms with Crippen molar-refractivity contribution in [2.75, 3.05) is 19.6 Å². The molecule has 1 heterocycles. The van der Waals surface area contributed by atoms with E-state index in [0.29, 0.717) is 0 Å². The molecule has 0 spiro atoms. The quantitative estimate of drug-likeness (QED) is 0.665. The van der Waals surface area contributed by atoms with Gasteiger partial charge in [0.05, 0.1) is 0 Å². The SMILES string of the molecule is CCCC(CCC)N(CCC)C1CNC1. The predicted octanol–water partition coefficient (Wildman–Crippen LogP) is 2.64. The topological polar surface area (TPSA) is 15.3 Å². The van der Waals surface area contributed by atoms with Crippen molar-refractivity contribution in [1.82, 2.24) is 10.2 Å². The third-order valence-corrected chi connectivity index (χ3v) is 3.42. The summed E-state index contributed by atoms with van der Waals surface area (Å²) in [5.74, 6) is 0. The second kappa shape index (κ2) is 7.24. The van der Waals surface area contributed by atoms with Crippen molar-refractivity contribution in [2.24, 2.45) is 0 Å². The van der Waals surface area contributed by atoms with Crippen LogP contribution in [0.5, 0.6) is 0 Å². The Labute approximate surface area is 95.4 Å². The second-order valence-corrected chi connectivity index (χ2v) is 4.78. The highest BCUT2D eigenvalue weighted by Crippen LogP contribution is 2.18. The first-order valence-corrected chi connectivity index (χ1v) is 6.79. The Morgan fingerprint density at radius 2 is 1.67 bits per heavy atom. The highest BCUT2D eigenvalue weighted by molar-refractivity contribution is 4.88. The molecule has 1 fully saturated rings. The van der Waals surface area contributed by atoms with Gasteiger partial charge in [-0.15, -0.1) is 0 Å². The van der Waals surface area contributed by atoms with E-state index in [2.05, 4.69) is 31.0 Å². The Kier molecular flexibility index (Phi) is 6.26. The molecule has 0 aliphatic carbocycles. The molecular formula is C13H28N2. The Bertz CT molecular complexity index is 149. The van der Waals surface area contributed by atoms with Crippen LogP contribution in [0.2, 0.25) is 0 Å². The van der Waals surface area contributed by atoms with Gasteiger partial charge in [0.1, 0.15) is 0 Å². The maximum atomic E-state index is 3.40. The Balaban J connectivity index is 2.47. The van der Waals surface area contributed by atoms with Crippen molar-refractivity contribution in [3.63, 3.8) is 0 Å². The number of nitrogens with zero attached hydrogens (tertiary/aromatic N) is 1. The molecular weight excluding hydrogens is 184 g/mol. The largest absolute Gasteiger partial charge is 0.314 e. The second-order valence-electron chi connectivity index (χ2n) is 4.78. The predicted molar refractivity (Wildman–Crippen MR) is 67.3 cm³/mol. The van der Waals surface area contributed by atoms with Crippen LogP contribution in [-0.4, -0.2) is 36.6 Å². The van der Waals surface area contributed by atoms with E-state index in [-0.39, 0.29) is 0 Å². The molecule has 0 radical (unpaired) electrons. The molecule has 0 bridgehead atoms. The van der Waals surface area contributed by atoms with Gasteiger partial charge < -0.3 is 5.32 Å². The van der Waals surface area contributed by atoms with E-state index in [9.17, 15) is 0 Å². The van der Waals surface area contributed by atoms with E-state index in [0.717, 1.165) is 12.1 Å². The van der Waals surface area contributed by atoms with Gasteiger partial charge in [-0.2, -0.15) is 0 Å². The molecule has 1 aliphatic rings. The van der Waals surface area contributed by atoms with Crippen LogP contribution in [0.3, 0.4) is 0 Å². The first kappa shape index (κ1) is 13.0. The molecule has 1 saturated heterocycles. The van der Waals surface area contributed by atoms with Gasteiger partial charge in [-0.1, -0.05) is 33.6 Å². The van der Waals surface area contributed by atoms with E-state index >= 15 is 0 Å². The summed E-state index contributed by atoms with van der Waals surface area (Å²) in [7, 11) is 0. The normalized spacial score (nSPS) is 17.4. The van der Waals surface area contributed by atoms with Crippen LogP contribution in [0.1, 0.15) is 52.9 Å². The minimum Gasteiger partial charge on any atom is -0.314 e. The van der Waals surface area contributed by atoms with Crippen molar-refractivity contribution < 1.29 is 0 Å². The van der Waals surface area contributed by atoms with Crippen LogP contribution in [0.4, 0.5) is 0 Å². The summed E-state index contributed by atoms with van der Waals surface area (Å²) in [5.41, 5.74) is 0. The minimum absolute atomic E-state index is 0.827. The molecule has 0 aromatic carbocycles. The van der Waals surface area contributed by atoms with Gasteiger partial charge >= 0.3 is 0 Å². The molecule has 1 rings (SSSR count). The number of hydrogen-bond donors (Lipinski definition) is 1. The van der Waals surface area contributed by atoms with Crippen molar-refractivity contribution in [3.8, 4) is 0 Å². The third-order valence-electron chi connectivity index (χ3n) is 3.42. The first-order valence-electron chi connectivity index (χ1n) is 6.79. The lowest BCUT2D eigenvalue weighted by atomic mass is 10.00. The lowest BCUT2D eigenvalue weighted by Crippen LogP contribution is -2.60. The third kappa shape index (κ3) is 3.76. The molecule has 1 aliphatic heterocycles. The van der Waals surface area contributed by atoms with E-state index in [1.807, 2.05) is 0 Å². The van der Waals surface area contributed by atoms with E-state index in [1.54, 1.807) is 0 Å². The standard InChI is InChI=1S/C13H28N2/c1-4-7-12(8-5-2)15(9-6-3)13-10-14-11-13/h12-14H,4-11H2,1-3H3. The first-order chi connectivity index (χ1) is 7.33. The van der Waals surface area contributed by atoms with Crippen LogP contribution in [-0.2, 0) is 0 Å². The summed E-state index contributed by atoms with van der Waals surface area (Å²) in [5, 5.41) is 3.40.